The Morgan fingerprint density at radius 3 is 2.84 bits per heavy atom. The number of methoxy groups -OCH3 is 1. The molecule has 7 nitrogen and oxygen atoms in total. The first-order chi connectivity index (χ1) is 9.12. The monoisotopic (exact) mass is 264 g/mol. The number of nitrogens with one attached hydrogen (secondary N) is 1. The molecule has 102 valence electrons. The van der Waals surface area contributed by atoms with E-state index in [0.29, 0.717) is 25.3 Å². The lowest BCUT2D eigenvalue weighted by atomic mass is 10.1. The number of hydrogen-bond donors (Lipinski definition) is 3. The van der Waals surface area contributed by atoms with E-state index in [0.717, 1.165) is 5.56 Å². The lowest BCUT2D eigenvalue weighted by molar-refractivity contribution is -0.124. The van der Waals surface area contributed by atoms with Gasteiger partial charge in [-0.15, -0.1) is 0 Å². The Kier molecular flexibility index (Phi) is 3.55. The van der Waals surface area contributed by atoms with Crippen LogP contribution in [-0.4, -0.2) is 29.0 Å². The van der Waals surface area contributed by atoms with Gasteiger partial charge in [-0.1, -0.05) is 11.2 Å². The topological polar surface area (TPSA) is 110 Å². The van der Waals surface area contributed by atoms with Gasteiger partial charge in [0.15, 0.2) is 5.84 Å². The summed E-state index contributed by atoms with van der Waals surface area (Å²) in [6.07, 6.45) is 2.84. The van der Waals surface area contributed by atoms with Crippen molar-refractivity contribution in [2.75, 3.05) is 7.11 Å². The minimum atomic E-state index is -0.825. The summed E-state index contributed by atoms with van der Waals surface area (Å²) in [6, 6.07) is 3.53. The van der Waals surface area contributed by atoms with Gasteiger partial charge in [0.2, 0.25) is 11.8 Å². The number of pyridine rings is 1. The summed E-state index contributed by atoms with van der Waals surface area (Å²) >= 11 is 0. The Labute approximate surface area is 110 Å². The molecule has 1 aromatic rings. The normalized spacial score (nSPS) is 16.8. The Hall–Kier alpha value is -2.31. The molecule has 0 unspecified atom stereocenters. The van der Waals surface area contributed by atoms with Crippen LogP contribution >= 0.6 is 0 Å². The molecule has 0 spiro atoms. The average Bonchev–Trinajstić information content (AvgIpc) is 3.26. The molecule has 1 amide bonds. The molecule has 0 bridgehead atoms. The molecular weight excluding hydrogens is 248 g/mol. The van der Waals surface area contributed by atoms with E-state index in [1.807, 2.05) is 6.07 Å². The van der Waals surface area contributed by atoms with Gasteiger partial charge in [-0.05, 0) is 18.4 Å². The molecule has 1 fully saturated rings. The maximum absolute atomic E-state index is 12.0. The number of nitrogens with two attached hydrogens (primary N) is 1. The second-order valence-electron chi connectivity index (χ2n) is 4.46. The molecule has 0 saturated heterocycles. The molecule has 1 aliphatic carbocycles. The number of nitrogens with zero attached hydrogens (tertiary/aromatic N) is 2. The van der Waals surface area contributed by atoms with Crippen LogP contribution in [0, 0.1) is 5.41 Å². The Morgan fingerprint density at radius 1 is 1.63 bits per heavy atom. The molecule has 1 aliphatic rings. The summed E-state index contributed by atoms with van der Waals surface area (Å²) in [4.78, 5) is 16.0. The Bertz CT molecular complexity index is 494. The fourth-order valence-corrected chi connectivity index (χ4v) is 1.81. The minimum absolute atomic E-state index is 0.0298. The molecule has 0 radical (unpaired) electrons. The van der Waals surface area contributed by atoms with Gasteiger partial charge in [-0.25, -0.2) is 4.98 Å². The highest BCUT2D eigenvalue weighted by Gasteiger charge is 2.54. The smallest absolute Gasteiger partial charge is 0.234 e. The lowest BCUT2D eigenvalue weighted by Crippen LogP contribution is -2.40. The van der Waals surface area contributed by atoms with E-state index in [1.165, 1.54) is 7.11 Å². The highest BCUT2D eigenvalue weighted by Crippen LogP contribution is 2.46. The van der Waals surface area contributed by atoms with E-state index >= 15 is 0 Å². The third kappa shape index (κ3) is 2.59. The van der Waals surface area contributed by atoms with Crippen molar-refractivity contribution in [3.05, 3.63) is 23.9 Å². The largest absolute Gasteiger partial charge is 0.481 e. The molecule has 2 rings (SSSR count). The zero-order valence-electron chi connectivity index (χ0n) is 10.6. The number of rotatable bonds is 5. The third-order valence-electron chi connectivity index (χ3n) is 3.24. The molecule has 0 aromatic carbocycles. The van der Waals surface area contributed by atoms with E-state index in [9.17, 15) is 4.79 Å². The van der Waals surface area contributed by atoms with Crippen LogP contribution < -0.4 is 15.8 Å². The second kappa shape index (κ2) is 5.13. The van der Waals surface area contributed by atoms with Gasteiger partial charge >= 0.3 is 0 Å². The molecular formula is C12H16N4O3. The summed E-state index contributed by atoms with van der Waals surface area (Å²) in [5, 5.41) is 14.4. The van der Waals surface area contributed by atoms with E-state index in [2.05, 4.69) is 15.5 Å². The van der Waals surface area contributed by atoms with Gasteiger partial charge in [0.1, 0.15) is 5.41 Å². The zero-order chi connectivity index (χ0) is 13.9. The zero-order valence-corrected chi connectivity index (χ0v) is 10.6. The fourth-order valence-electron chi connectivity index (χ4n) is 1.81. The van der Waals surface area contributed by atoms with Crippen LogP contribution in [-0.2, 0) is 11.3 Å². The van der Waals surface area contributed by atoms with Gasteiger partial charge in [-0.2, -0.15) is 0 Å². The fraction of sp³-hybridized carbons (Fsp3) is 0.417. The average molecular weight is 264 g/mol. The van der Waals surface area contributed by atoms with Crippen molar-refractivity contribution in [1.82, 2.24) is 10.3 Å². The van der Waals surface area contributed by atoms with Crippen molar-refractivity contribution in [3.63, 3.8) is 0 Å². The number of amidine groups is 1. The van der Waals surface area contributed by atoms with Crippen molar-refractivity contribution in [2.24, 2.45) is 16.3 Å². The summed E-state index contributed by atoms with van der Waals surface area (Å²) < 4.78 is 4.95. The SMILES string of the molecule is COc1ccc(CNC(=O)C2(/C(N)=N/O)CC2)cn1. The molecule has 1 saturated carbocycles. The minimum Gasteiger partial charge on any atom is -0.481 e. The molecule has 7 heteroatoms. The number of aromatic nitrogens is 1. The van der Waals surface area contributed by atoms with Crippen molar-refractivity contribution in [1.29, 1.82) is 0 Å². The van der Waals surface area contributed by atoms with Gasteiger partial charge in [0.05, 0.1) is 7.11 Å². The van der Waals surface area contributed by atoms with Crippen LogP contribution in [0.15, 0.2) is 23.5 Å². The highest BCUT2D eigenvalue weighted by molar-refractivity contribution is 6.09. The first-order valence-electron chi connectivity index (χ1n) is 5.87. The van der Waals surface area contributed by atoms with Crippen molar-refractivity contribution in [2.45, 2.75) is 19.4 Å². The summed E-state index contributed by atoms with van der Waals surface area (Å²) in [6.45, 7) is 0.344. The standard InChI is InChI=1S/C12H16N4O3/c1-19-9-3-2-8(6-14-9)7-15-11(17)12(4-5-12)10(13)16-18/h2-3,6,18H,4-5,7H2,1H3,(H2,13,16)(H,15,17). The lowest BCUT2D eigenvalue weighted by Gasteiger charge is -2.13. The van der Waals surface area contributed by atoms with E-state index in [-0.39, 0.29) is 11.7 Å². The maximum atomic E-state index is 12.0. The number of amides is 1. The number of oxime groups is 1. The highest BCUT2D eigenvalue weighted by atomic mass is 16.5. The van der Waals surface area contributed by atoms with Crippen LogP contribution in [0.1, 0.15) is 18.4 Å². The van der Waals surface area contributed by atoms with Crippen LogP contribution in [0.2, 0.25) is 0 Å². The third-order valence-corrected chi connectivity index (χ3v) is 3.24. The van der Waals surface area contributed by atoms with E-state index in [1.54, 1.807) is 12.3 Å². The number of carbonyl (C=O) groups excluding carboxylic acids is 1. The van der Waals surface area contributed by atoms with Crippen molar-refractivity contribution < 1.29 is 14.7 Å². The van der Waals surface area contributed by atoms with Gasteiger partial charge in [0, 0.05) is 18.8 Å². The second-order valence-corrected chi connectivity index (χ2v) is 4.46. The van der Waals surface area contributed by atoms with E-state index in [4.69, 9.17) is 15.7 Å². The molecule has 19 heavy (non-hydrogen) atoms. The Morgan fingerprint density at radius 2 is 2.37 bits per heavy atom. The van der Waals surface area contributed by atoms with Gasteiger partial charge in [-0.3, -0.25) is 4.79 Å². The number of hydrogen-bond acceptors (Lipinski definition) is 5. The first kappa shape index (κ1) is 13.1. The molecule has 0 atom stereocenters. The van der Waals surface area contributed by atoms with Gasteiger partial charge in [0.25, 0.3) is 0 Å². The number of carbonyl (C=O) groups is 1. The van der Waals surface area contributed by atoms with Crippen molar-refractivity contribution in [3.8, 4) is 5.88 Å². The quantitative estimate of drug-likeness (QED) is 0.305. The van der Waals surface area contributed by atoms with Crippen LogP contribution in [0.5, 0.6) is 5.88 Å². The maximum Gasteiger partial charge on any atom is 0.234 e. The summed E-state index contributed by atoms with van der Waals surface area (Å²) in [5.74, 6) is 0.266. The van der Waals surface area contributed by atoms with Crippen LogP contribution in [0.4, 0.5) is 0 Å². The molecule has 0 aliphatic heterocycles. The predicted octanol–water partition coefficient (Wildman–Crippen LogP) is 0.233. The predicted molar refractivity (Wildman–Crippen MR) is 67.7 cm³/mol. The van der Waals surface area contributed by atoms with Crippen molar-refractivity contribution >= 4 is 11.7 Å². The Balaban J connectivity index is 1.93. The van der Waals surface area contributed by atoms with Crippen LogP contribution in [0.3, 0.4) is 0 Å². The number of ether oxygens (including phenoxy) is 1. The van der Waals surface area contributed by atoms with E-state index < -0.39 is 5.41 Å². The summed E-state index contributed by atoms with van der Waals surface area (Å²) in [5.41, 5.74) is 5.56. The first-order valence-corrected chi connectivity index (χ1v) is 5.87. The van der Waals surface area contributed by atoms with Crippen LogP contribution in [0.25, 0.3) is 0 Å². The summed E-state index contributed by atoms with van der Waals surface area (Å²) in [7, 11) is 1.54. The van der Waals surface area contributed by atoms with Gasteiger partial charge < -0.3 is 21.0 Å². The molecule has 1 aromatic heterocycles. The molecule has 4 N–H and O–H groups in total. The molecule has 1 heterocycles.